The number of nitrogen functional groups attached to an aromatic ring is 1. The monoisotopic (exact) mass is 257 g/mol. The molecule has 0 fully saturated rings. The van der Waals surface area contributed by atoms with Gasteiger partial charge in [-0.15, -0.1) is 10.2 Å². The molecule has 0 saturated carbocycles. The molecule has 1 aromatic carbocycles. The van der Waals surface area contributed by atoms with Crippen molar-refractivity contribution in [3.8, 4) is 17.4 Å². The molecular formula is C12H11N5O2. The van der Waals surface area contributed by atoms with Crippen LogP contribution in [0.25, 0.3) is 5.65 Å². The molecular weight excluding hydrogens is 246 g/mol. The highest BCUT2D eigenvalue weighted by Gasteiger charge is 2.08. The third kappa shape index (κ3) is 2.01. The first-order valence-corrected chi connectivity index (χ1v) is 5.53. The number of hydrogen-bond acceptors (Lipinski definition) is 6. The molecule has 0 aliphatic carbocycles. The number of nitrogens with zero attached hydrogens (tertiary/aromatic N) is 4. The number of methoxy groups -OCH3 is 1. The molecule has 2 N–H and O–H groups in total. The van der Waals surface area contributed by atoms with Gasteiger partial charge in [-0.3, -0.25) is 4.40 Å². The SMILES string of the molecule is COc1ccc(Oc2nccn3cnnc23)cc1N. The highest BCUT2D eigenvalue weighted by Crippen LogP contribution is 2.29. The fraction of sp³-hybridized carbons (Fsp3) is 0.0833. The Morgan fingerprint density at radius 1 is 1.32 bits per heavy atom. The molecule has 0 bridgehead atoms. The normalized spacial score (nSPS) is 10.6. The molecule has 0 amide bonds. The van der Waals surface area contributed by atoms with Crippen LogP contribution in [-0.4, -0.2) is 26.7 Å². The molecule has 0 spiro atoms. The molecule has 19 heavy (non-hydrogen) atoms. The molecule has 7 nitrogen and oxygen atoms in total. The minimum absolute atomic E-state index is 0.365. The summed E-state index contributed by atoms with van der Waals surface area (Å²) in [6.07, 6.45) is 4.93. The van der Waals surface area contributed by atoms with Gasteiger partial charge < -0.3 is 15.2 Å². The van der Waals surface area contributed by atoms with Crippen LogP contribution in [0.15, 0.2) is 36.9 Å². The Morgan fingerprint density at radius 3 is 3.00 bits per heavy atom. The van der Waals surface area contributed by atoms with E-state index in [0.29, 0.717) is 28.7 Å². The van der Waals surface area contributed by atoms with E-state index in [4.69, 9.17) is 15.2 Å². The van der Waals surface area contributed by atoms with Crippen molar-refractivity contribution in [1.29, 1.82) is 0 Å². The number of benzene rings is 1. The lowest BCUT2D eigenvalue weighted by molar-refractivity contribution is 0.414. The first-order valence-electron chi connectivity index (χ1n) is 5.53. The molecule has 0 radical (unpaired) electrons. The first-order chi connectivity index (χ1) is 9.28. The van der Waals surface area contributed by atoms with E-state index in [1.165, 1.54) is 0 Å². The molecule has 0 atom stereocenters. The van der Waals surface area contributed by atoms with Gasteiger partial charge in [-0.2, -0.15) is 0 Å². The topological polar surface area (TPSA) is 87.6 Å². The summed E-state index contributed by atoms with van der Waals surface area (Å²) >= 11 is 0. The predicted molar refractivity (Wildman–Crippen MR) is 68.3 cm³/mol. The summed E-state index contributed by atoms with van der Waals surface area (Å²) in [6, 6.07) is 5.14. The average molecular weight is 257 g/mol. The molecule has 3 rings (SSSR count). The average Bonchev–Trinajstić information content (AvgIpc) is 2.88. The summed E-state index contributed by atoms with van der Waals surface area (Å²) in [5.74, 6) is 1.52. The minimum atomic E-state index is 0.365. The predicted octanol–water partition coefficient (Wildman–Crippen LogP) is 1.51. The lowest BCUT2D eigenvalue weighted by Crippen LogP contribution is -1.95. The molecule has 2 heterocycles. The highest BCUT2D eigenvalue weighted by atomic mass is 16.5. The summed E-state index contributed by atoms with van der Waals surface area (Å²) in [7, 11) is 1.56. The van der Waals surface area contributed by atoms with Crippen LogP contribution >= 0.6 is 0 Å². The Hall–Kier alpha value is -2.83. The van der Waals surface area contributed by atoms with E-state index < -0.39 is 0 Å². The van der Waals surface area contributed by atoms with Crippen molar-refractivity contribution in [2.24, 2.45) is 0 Å². The lowest BCUT2D eigenvalue weighted by atomic mass is 10.3. The zero-order valence-electron chi connectivity index (χ0n) is 10.1. The van der Waals surface area contributed by atoms with Gasteiger partial charge in [0.25, 0.3) is 5.88 Å². The third-order valence-electron chi connectivity index (χ3n) is 2.60. The third-order valence-corrected chi connectivity index (χ3v) is 2.60. The Balaban J connectivity index is 1.97. The Kier molecular flexibility index (Phi) is 2.64. The van der Waals surface area contributed by atoms with E-state index in [2.05, 4.69) is 15.2 Å². The summed E-state index contributed by atoms with van der Waals surface area (Å²) in [6.45, 7) is 0. The van der Waals surface area contributed by atoms with Gasteiger partial charge in [0.2, 0.25) is 5.65 Å². The maximum atomic E-state index is 5.82. The molecule has 3 aromatic rings. The Bertz CT molecular complexity index is 725. The van der Waals surface area contributed by atoms with Crippen molar-refractivity contribution >= 4 is 11.3 Å². The van der Waals surface area contributed by atoms with Crippen molar-refractivity contribution in [3.05, 3.63) is 36.9 Å². The van der Waals surface area contributed by atoms with Crippen molar-refractivity contribution < 1.29 is 9.47 Å². The number of ether oxygens (including phenoxy) is 2. The molecule has 0 aliphatic rings. The van der Waals surface area contributed by atoms with Gasteiger partial charge in [0.15, 0.2) is 0 Å². The highest BCUT2D eigenvalue weighted by molar-refractivity contribution is 5.57. The van der Waals surface area contributed by atoms with Gasteiger partial charge in [-0.25, -0.2) is 4.98 Å². The van der Waals surface area contributed by atoms with Crippen molar-refractivity contribution in [2.45, 2.75) is 0 Å². The van der Waals surface area contributed by atoms with Crippen LogP contribution in [0.4, 0.5) is 5.69 Å². The van der Waals surface area contributed by atoms with Crippen LogP contribution in [0, 0.1) is 0 Å². The van der Waals surface area contributed by atoms with Crippen LogP contribution in [0.1, 0.15) is 0 Å². The molecule has 96 valence electrons. The van der Waals surface area contributed by atoms with E-state index in [1.54, 1.807) is 48.4 Å². The van der Waals surface area contributed by atoms with E-state index in [1.807, 2.05) is 0 Å². The van der Waals surface area contributed by atoms with Gasteiger partial charge in [-0.1, -0.05) is 0 Å². The maximum Gasteiger partial charge on any atom is 0.265 e. The molecule has 7 heteroatoms. The second-order valence-electron chi connectivity index (χ2n) is 3.80. The van der Waals surface area contributed by atoms with Gasteiger partial charge in [0, 0.05) is 18.5 Å². The number of hydrogen-bond donors (Lipinski definition) is 1. The Labute approximate surface area is 108 Å². The van der Waals surface area contributed by atoms with Crippen molar-refractivity contribution in [2.75, 3.05) is 12.8 Å². The minimum Gasteiger partial charge on any atom is -0.495 e. The smallest absolute Gasteiger partial charge is 0.265 e. The lowest BCUT2D eigenvalue weighted by Gasteiger charge is -2.08. The van der Waals surface area contributed by atoms with Gasteiger partial charge in [0.05, 0.1) is 12.8 Å². The van der Waals surface area contributed by atoms with E-state index in [0.717, 1.165) is 0 Å². The molecule has 0 aliphatic heterocycles. The van der Waals surface area contributed by atoms with Gasteiger partial charge in [0.1, 0.15) is 17.8 Å². The zero-order valence-corrected chi connectivity index (χ0v) is 10.1. The van der Waals surface area contributed by atoms with Crippen LogP contribution in [0.3, 0.4) is 0 Å². The molecule has 2 aromatic heterocycles. The zero-order chi connectivity index (χ0) is 13.2. The molecule has 0 unspecified atom stereocenters. The van der Waals surface area contributed by atoms with Crippen LogP contribution in [0.2, 0.25) is 0 Å². The number of fused-ring (bicyclic) bond motifs is 1. The largest absolute Gasteiger partial charge is 0.495 e. The second-order valence-corrected chi connectivity index (χ2v) is 3.80. The molecule has 0 saturated heterocycles. The van der Waals surface area contributed by atoms with E-state index in [9.17, 15) is 0 Å². The Morgan fingerprint density at radius 2 is 2.21 bits per heavy atom. The van der Waals surface area contributed by atoms with Crippen LogP contribution < -0.4 is 15.2 Å². The van der Waals surface area contributed by atoms with Gasteiger partial charge in [-0.05, 0) is 12.1 Å². The summed E-state index contributed by atoms with van der Waals surface area (Å²) in [5, 5.41) is 7.74. The van der Waals surface area contributed by atoms with Crippen molar-refractivity contribution in [3.63, 3.8) is 0 Å². The fourth-order valence-corrected chi connectivity index (χ4v) is 1.69. The van der Waals surface area contributed by atoms with Crippen LogP contribution in [-0.2, 0) is 0 Å². The number of rotatable bonds is 3. The summed E-state index contributed by atoms with van der Waals surface area (Å²) < 4.78 is 12.5. The van der Waals surface area contributed by atoms with E-state index >= 15 is 0 Å². The summed E-state index contributed by atoms with van der Waals surface area (Å²) in [5.41, 5.74) is 6.85. The first kappa shape index (κ1) is 11.3. The number of nitrogens with two attached hydrogens (primary N) is 1. The standard InChI is InChI=1S/C12H11N5O2/c1-18-10-3-2-8(6-9(10)13)19-12-11-16-15-7-17(11)5-4-14-12/h2-7H,13H2,1H3. The number of anilines is 1. The number of aromatic nitrogens is 4. The van der Waals surface area contributed by atoms with Crippen molar-refractivity contribution in [1.82, 2.24) is 19.6 Å². The summed E-state index contributed by atoms with van der Waals surface area (Å²) in [4.78, 5) is 4.13. The maximum absolute atomic E-state index is 5.82. The van der Waals surface area contributed by atoms with Crippen LogP contribution in [0.5, 0.6) is 17.4 Å². The fourth-order valence-electron chi connectivity index (χ4n) is 1.69. The van der Waals surface area contributed by atoms with E-state index in [-0.39, 0.29) is 0 Å². The quantitative estimate of drug-likeness (QED) is 0.715. The van der Waals surface area contributed by atoms with Gasteiger partial charge >= 0.3 is 0 Å². The second kappa shape index (κ2) is 4.45.